The summed E-state index contributed by atoms with van der Waals surface area (Å²) in [5.74, 6) is 1.52. The van der Waals surface area contributed by atoms with Gasteiger partial charge in [-0.15, -0.1) is 0 Å². The molecule has 1 aromatic carbocycles. The van der Waals surface area contributed by atoms with Crippen molar-refractivity contribution in [1.82, 2.24) is 10.1 Å². The molecule has 1 aromatic heterocycles. The fraction of sp³-hybridized carbons (Fsp3) is 0.333. The molecule has 1 unspecified atom stereocenters. The summed E-state index contributed by atoms with van der Waals surface area (Å²) in [5, 5.41) is 5.04. The lowest BCUT2D eigenvalue weighted by Gasteiger charge is -2.09. The number of hydrogen-bond donors (Lipinski definition) is 1. The van der Waals surface area contributed by atoms with Crippen molar-refractivity contribution in [1.29, 1.82) is 0 Å². The summed E-state index contributed by atoms with van der Waals surface area (Å²) in [5.41, 5.74) is 6.79. The quantitative estimate of drug-likeness (QED) is 0.939. The van der Waals surface area contributed by atoms with Gasteiger partial charge in [0.05, 0.1) is 6.04 Å². The SMILES string of the molecule is NC(c1noc(C2CC2)n1)c1cc(Cl)ccc1Cl. The molecule has 1 atom stereocenters. The lowest BCUT2D eigenvalue weighted by atomic mass is 10.1. The van der Waals surface area contributed by atoms with Crippen molar-refractivity contribution in [3.05, 3.63) is 45.5 Å². The van der Waals surface area contributed by atoms with Crippen molar-refractivity contribution in [2.24, 2.45) is 5.73 Å². The average Bonchev–Trinajstić information content (AvgIpc) is 3.09. The van der Waals surface area contributed by atoms with Crippen LogP contribution in [0, 0.1) is 0 Å². The number of benzene rings is 1. The molecule has 4 nitrogen and oxygen atoms in total. The van der Waals surface area contributed by atoms with Gasteiger partial charge in [0.15, 0.2) is 5.82 Å². The number of nitrogens with zero attached hydrogens (tertiary/aromatic N) is 2. The Morgan fingerprint density at radius 1 is 1.33 bits per heavy atom. The largest absolute Gasteiger partial charge is 0.339 e. The van der Waals surface area contributed by atoms with Gasteiger partial charge in [0.25, 0.3) is 0 Å². The second-order valence-electron chi connectivity index (χ2n) is 4.41. The van der Waals surface area contributed by atoms with E-state index in [1.54, 1.807) is 18.2 Å². The van der Waals surface area contributed by atoms with Gasteiger partial charge in [0.2, 0.25) is 5.89 Å². The highest BCUT2D eigenvalue weighted by Crippen LogP contribution is 2.39. The predicted molar refractivity (Wildman–Crippen MR) is 68.8 cm³/mol. The van der Waals surface area contributed by atoms with E-state index in [1.165, 1.54) is 0 Å². The highest BCUT2D eigenvalue weighted by Gasteiger charge is 2.30. The fourth-order valence-corrected chi connectivity index (χ4v) is 2.18. The summed E-state index contributed by atoms with van der Waals surface area (Å²) in [4.78, 5) is 4.31. The van der Waals surface area contributed by atoms with E-state index in [0.29, 0.717) is 33.2 Å². The molecule has 18 heavy (non-hydrogen) atoms. The molecule has 1 aliphatic carbocycles. The van der Waals surface area contributed by atoms with Gasteiger partial charge in [0.1, 0.15) is 0 Å². The maximum atomic E-state index is 6.10. The van der Waals surface area contributed by atoms with Gasteiger partial charge >= 0.3 is 0 Å². The summed E-state index contributed by atoms with van der Waals surface area (Å²) in [7, 11) is 0. The summed E-state index contributed by atoms with van der Waals surface area (Å²) in [6.45, 7) is 0. The third-order valence-electron chi connectivity index (χ3n) is 2.96. The Labute approximate surface area is 114 Å². The molecule has 3 rings (SSSR count). The topological polar surface area (TPSA) is 64.9 Å². The summed E-state index contributed by atoms with van der Waals surface area (Å²) < 4.78 is 5.18. The molecular formula is C12H11Cl2N3O. The number of halogens is 2. The average molecular weight is 284 g/mol. The van der Waals surface area contributed by atoms with E-state index < -0.39 is 6.04 Å². The van der Waals surface area contributed by atoms with Gasteiger partial charge in [-0.05, 0) is 36.6 Å². The first-order valence-corrected chi connectivity index (χ1v) is 6.45. The Morgan fingerprint density at radius 2 is 2.11 bits per heavy atom. The van der Waals surface area contributed by atoms with Crippen LogP contribution in [0.15, 0.2) is 22.7 Å². The van der Waals surface area contributed by atoms with Crippen molar-refractivity contribution >= 4 is 23.2 Å². The summed E-state index contributed by atoms with van der Waals surface area (Å²) in [6, 6.07) is 4.63. The van der Waals surface area contributed by atoms with Crippen LogP contribution >= 0.6 is 23.2 Å². The lowest BCUT2D eigenvalue weighted by molar-refractivity contribution is 0.372. The number of nitrogens with two attached hydrogens (primary N) is 1. The highest BCUT2D eigenvalue weighted by atomic mass is 35.5. The molecule has 0 bridgehead atoms. The molecule has 0 spiro atoms. The second kappa shape index (κ2) is 4.53. The second-order valence-corrected chi connectivity index (χ2v) is 5.25. The zero-order chi connectivity index (χ0) is 12.7. The van der Waals surface area contributed by atoms with Gasteiger partial charge in [-0.2, -0.15) is 4.98 Å². The van der Waals surface area contributed by atoms with E-state index in [9.17, 15) is 0 Å². The monoisotopic (exact) mass is 283 g/mol. The molecule has 0 amide bonds. The molecule has 1 saturated carbocycles. The molecule has 2 aromatic rings. The van der Waals surface area contributed by atoms with Crippen LogP contribution in [0.3, 0.4) is 0 Å². The van der Waals surface area contributed by atoms with Gasteiger partial charge in [0, 0.05) is 16.0 Å². The maximum absolute atomic E-state index is 6.10. The standard InChI is InChI=1S/C12H11Cl2N3O/c13-7-3-4-9(14)8(5-7)10(15)11-16-12(18-17-11)6-1-2-6/h3-6,10H,1-2,15H2. The Hall–Kier alpha value is -1.10. The minimum absolute atomic E-state index is 0.410. The van der Waals surface area contributed by atoms with E-state index >= 15 is 0 Å². The molecule has 6 heteroatoms. The number of aromatic nitrogens is 2. The van der Waals surface area contributed by atoms with Crippen LogP contribution in [-0.2, 0) is 0 Å². The van der Waals surface area contributed by atoms with Gasteiger partial charge < -0.3 is 10.3 Å². The minimum Gasteiger partial charge on any atom is -0.339 e. The lowest BCUT2D eigenvalue weighted by Crippen LogP contribution is -2.14. The summed E-state index contributed by atoms with van der Waals surface area (Å²) >= 11 is 12.0. The molecule has 2 N–H and O–H groups in total. The van der Waals surface area contributed by atoms with Crippen LogP contribution in [0.2, 0.25) is 10.0 Å². The van der Waals surface area contributed by atoms with E-state index in [1.807, 2.05) is 0 Å². The van der Waals surface area contributed by atoms with Crippen molar-refractivity contribution < 1.29 is 4.52 Å². The Balaban J connectivity index is 1.92. The van der Waals surface area contributed by atoms with Gasteiger partial charge in [-0.25, -0.2) is 0 Å². The third kappa shape index (κ3) is 2.23. The van der Waals surface area contributed by atoms with E-state index in [2.05, 4.69) is 10.1 Å². The minimum atomic E-state index is -0.521. The van der Waals surface area contributed by atoms with Crippen LogP contribution in [0.4, 0.5) is 0 Å². The normalized spacial score (nSPS) is 16.8. The van der Waals surface area contributed by atoms with Crippen LogP contribution in [-0.4, -0.2) is 10.1 Å². The Kier molecular flexibility index (Phi) is 3.01. The Morgan fingerprint density at radius 3 is 2.83 bits per heavy atom. The fourth-order valence-electron chi connectivity index (χ4n) is 1.76. The molecular weight excluding hydrogens is 273 g/mol. The van der Waals surface area contributed by atoms with E-state index in [0.717, 1.165) is 12.8 Å². The van der Waals surface area contributed by atoms with Gasteiger partial charge in [-0.1, -0.05) is 28.4 Å². The predicted octanol–water partition coefficient (Wildman–Crippen LogP) is 3.30. The Bertz CT molecular complexity index is 580. The van der Waals surface area contributed by atoms with Crippen LogP contribution in [0.1, 0.15) is 42.1 Å². The van der Waals surface area contributed by atoms with Crippen molar-refractivity contribution in [2.45, 2.75) is 24.8 Å². The van der Waals surface area contributed by atoms with Crippen molar-refractivity contribution in [2.75, 3.05) is 0 Å². The van der Waals surface area contributed by atoms with Crippen LogP contribution in [0.25, 0.3) is 0 Å². The molecule has 0 saturated heterocycles. The first-order chi connectivity index (χ1) is 8.65. The third-order valence-corrected chi connectivity index (χ3v) is 3.53. The molecule has 94 valence electrons. The first kappa shape index (κ1) is 12.0. The molecule has 0 radical (unpaired) electrons. The van der Waals surface area contributed by atoms with Crippen LogP contribution in [0.5, 0.6) is 0 Å². The molecule has 1 fully saturated rings. The zero-order valence-electron chi connectivity index (χ0n) is 9.44. The molecule has 0 aliphatic heterocycles. The van der Waals surface area contributed by atoms with Crippen molar-refractivity contribution in [3.63, 3.8) is 0 Å². The highest BCUT2D eigenvalue weighted by molar-refractivity contribution is 6.33. The maximum Gasteiger partial charge on any atom is 0.229 e. The zero-order valence-corrected chi connectivity index (χ0v) is 10.9. The van der Waals surface area contributed by atoms with E-state index in [4.69, 9.17) is 33.5 Å². The van der Waals surface area contributed by atoms with Crippen LogP contribution < -0.4 is 5.73 Å². The van der Waals surface area contributed by atoms with Gasteiger partial charge in [-0.3, -0.25) is 0 Å². The first-order valence-electron chi connectivity index (χ1n) is 5.69. The number of rotatable bonds is 3. The van der Waals surface area contributed by atoms with Crippen molar-refractivity contribution in [3.8, 4) is 0 Å². The molecule has 1 aliphatic rings. The smallest absolute Gasteiger partial charge is 0.229 e. The number of hydrogen-bond acceptors (Lipinski definition) is 4. The summed E-state index contributed by atoms with van der Waals surface area (Å²) in [6.07, 6.45) is 2.21. The van der Waals surface area contributed by atoms with E-state index in [-0.39, 0.29) is 0 Å². The molecule has 1 heterocycles.